The van der Waals surface area contributed by atoms with E-state index in [1.54, 1.807) is 12.1 Å². The van der Waals surface area contributed by atoms with Crippen molar-refractivity contribution in [3.05, 3.63) is 66.1 Å². The molecule has 2 nitrogen and oxygen atoms in total. The van der Waals surface area contributed by atoms with E-state index in [4.69, 9.17) is 4.74 Å². The van der Waals surface area contributed by atoms with Gasteiger partial charge in [0.1, 0.15) is 18.2 Å². The zero-order valence-corrected chi connectivity index (χ0v) is 9.69. The van der Waals surface area contributed by atoms with Crippen LogP contribution in [0, 0.1) is 5.82 Å². The number of fused-ring (bicyclic) bond motifs is 1. The monoisotopic (exact) mass is 241 g/mol. The minimum absolute atomic E-state index is 0.230. The smallest absolute Gasteiger partial charge is 0.123 e. The standard InChI is InChI=1S/C15H12FNO/c16-13-4-1-11(2-5-13)10-18-14-6-3-12-7-8-17-15(12)9-14/h1-9,17H,10H2. The van der Waals surface area contributed by atoms with Crippen molar-refractivity contribution in [1.82, 2.24) is 4.98 Å². The van der Waals surface area contributed by atoms with Gasteiger partial charge in [0.2, 0.25) is 0 Å². The van der Waals surface area contributed by atoms with Crippen LogP contribution in [0.2, 0.25) is 0 Å². The number of nitrogens with one attached hydrogen (secondary N) is 1. The Morgan fingerprint density at radius 3 is 2.67 bits per heavy atom. The summed E-state index contributed by atoms with van der Waals surface area (Å²) in [5.74, 6) is 0.570. The highest BCUT2D eigenvalue weighted by Crippen LogP contribution is 2.20. The summed E-state index contributed by atoms with van der Waals surface area (Å²) in [4.78, 5) is 3.14. The average molecular weight is 241 g/mol. The zero-order valence-electron chi connectivity index (χ0n) is 9.69. The lowest BCUT2D eigenvalue weighted by molar-refractivity contribution is 0.306. The zero-order chi connectivity index (χ0) is 12.4. The van der Waals surface area contributed by atoms with E-state index >= 15 is 0 Å². The number of benzene rings is 2. The van der Waals surface area contributed by atoms with Crippen molar-refractivity contribution in [2.45, 2.75) is 6.61 Å². The van der Waals surface area contributed by atoms with Gasteiger partial charge in [0.15, 0.2) is 0 Å². The van der Waals surface area contributed by atoms with E-state index < -0.39 is 0 Å². The summed E-state index contributed by atoms with van der Waals surface area (Å²) in [5, 5.41) is 1.16. The van der Waals surface area contributed by atoms with Gasteiger partial charge in [-0.2, -0.15) is 0 Å². The van der Waals surface area contributed by atoms with E-state index in [1.807, 2.05) is 30.5 Å². The minimum Gasteiger partial charge on any atom is -0.489 e. The van der Waals surface area contributed by atoms with Crippen LogP contribution in [0.3, 0.4) is 0 Å². The van der Waals surface area contributed by atoms with Crippen molar-refractivity contribution in [2.24, 2.45) is 0 Å². The molecule has 18 heavy (non-hydrogen) atoms. The molecule has 1 aromatic heterocycles. The van der Waals surface area contributed by atoms with E-state index in [2.05, 4.69) is 4.98 Å². The number of rotatable bonds is 3. The van der Waals surface area contributed by atoms with Crippen LogP contribution in [-0.2, 0) is 6.61 Å². The number of aromatic nitrogens is 1. The summed E-state index contributed by atoms with van der Waals surface area (Å²) in [5.41, 5.74) is 1.99. The Morgan fingerprint density at radius 1 is 1.00 bits per heavy atom. The highest BCUT2D eigenvalue weighted by Gasteiger charge is 1.99. The molecular weight excluding hydrogens is 229 g/mol. The Labute approximate surface area is 104 Å². The van der Waals surface area contributed by atoms with Crippen molar-refractivity contribution < 1.29 is 9.13 Å². The van der Waals surface area contributed by atoms with E-state index in [1.165, 1.54) is 12.1 Å². The number of ether oxygens (including phenoxy) is 1. The third-order valence-electron chi connectivity index (χ3n) is 2.85. The van der Waals surface area contributed by atoms with Gasteiger partial charge in [-0.05, 0) is 41.3 Å². The van der Waals surface area contributed by atoms with Gasteiger partial charge in [-0.3, -0.25) is 0 Å². The predicted octanol–water partition coefficient (Wildman–Crippen LogP) is 3.89. The molecule has 2 aromatic carbocycles. The van der Waals surface area contributed by atoms with Gasteiger partial charge >= 0.3 is 0 Å². The van der Waals surface area contributed by atoms with Gasteiger partial charge in [-0.15, -0.1) is 0 Å². The molecule has 90 valence electrons. The fourth-order valence-electron chi connectivity index (χ4n) is 1.86. The Hall–Kier alpha value is -2.29. The molecule has 0 fully saturated rings. The van der Waals surface area contributed by atoms with Crippen LogP contribution in [0.5, 0.6) is 5.75 Å². The molecule has 0 saturated carbocycles. The highest BCUT2D eigenvalue weighted by molar-refractivity contribution is 5.80. The van der Waals surface area contributed by atoms with Crippen molar-refractivity contribution in [3.63, 3.8) is 0 Å². The van der Waals surface area contributed by atoms with Crippen LogP contribution >= 0.6 is 0 Å². The lowest BCUT2D eigenvalue weighted by Crippen LogP contribution is -1.95. The third-order valence-corrected chi connectivity index (χ3v) is 2.85. The third kappa shape index (κ3) is 2.20. The maximum atomic E-state index is 12.7. The molecular formula is C15H12FNO. The number of hydrogen-bond acceptors (Lipinski definition) is 1. The van der Waals surface area contributed by atoms with Crippen LogP contribution in [0.25, 0.3) is 10.9 Å². The lowest BCUT2D eigenvalue weighted by Gasteiger charge is -2.06. The number of aromatic amines is 1. The van der Waals surface area contributed by atoms with Crippen molar-refractivity contribution in [1.29, 1.82) is 0 Å². The molecule has 0 saturated heterocycles. The molecule has 0 amide bonds. The summed E-state index contributed by atoms with van der Waals surface area (Å²) < 4.78 is 18.4. The Kier molecular flexibility index (Phi) is 2.73. The van der Waals surface area contributed by atoms with Gasteiger partial charge in [0, 0.05) is 17.8 Å². The van der Waals surface area contributed by atoms with E-state index in [-0.39, 0.29) is 5.82 Å². The van der Waals surface area contributed by atoms with Gasteiger partial charge in [0.25, 0.3) is 0 Å². The summed E-state index contributed by atoms with van der Waals surface area (Å²) in [7, 11) is 0. The van der Waals surface area contributed by atoms with Crippen LogP contribution in [0.15, 0.2) is 54.7 Å². The fraction of sp³-hybridized carbons (Fsp3) is 0.0667. The first-order valence-corrected chi connectivity index (χ1v) is 5.76. The van der Waals surface area contributed by atoms with E-state index in [9.17, 15) is 4.39 Å². The van der Waals surface area contributed by atoms with Gasteiger partial charge in [0.05, 0.1) is 0 Å². The van der Waals surface area contributed by atoms with Crippen LogP contribution in [-0.4, -0.2) is 4.98 Å². The molecule has 3 aromatic rings. The number of H-pyrrole nitrogens is 1. The van der Waals surface area contributed by atoms with Crippen LogP contribution in [0.4, 0.5) is 4.39 Å². The molecule has 0 bridgehead atoms. The molecule has 0 spiro atoms. The summed E-state index contributed by atoms with van der Waals surface area (Å²) >= 11 is 0. The summed E-state index contributed by atoms with van der Waals surface area (Å²) in [6, 6.07) is 14.2. The second-order valence-electron chi connectivity index (χ2n) is 4.14. The molecule has 3 heteroatoms. The van der Waals surface area contributed by atoms with Crippen molar-refractivity contribution >= 4 is 10.9 Å². The average Bonchev–Trinajstić information content (AvgIpc) is 2.85. The Bertz CT molecular complexity index is 658. The maximum absolute atomic E-state index is 12.7. The Balaban J connectivity index is 1.74. The first kappa shape index (κ1) is 10.8. The quantitative estimate of drug-likeness (QED) is 0.739. The number of hydrogen-bond donors (Lipinski definition) is 1. The molecule has 1 heterocycles. The van der Waals surface area contributed by atoms with Gasteiger partial charge in [-0.1, -0.05) is 12.1 Å². The maximum Gasteiger partial charge on any atom is 0.123 e. The van der Waals surface area contributed by atoms with Crippen molar-refractivity contribution in [2.75, 3.05) is 0 Å². The first-order chi connectivity index (χ1) is 8.81. The molecule has 0 radical (unpaired) electrons. The molecule has 0 aliphatic carbocycles. The second-order valence-corrected chi connectivity index (χ2v) is 4.14. The second kappa shape index (κ2) is 4.53. The Morgan fingerprint density at radius 2 is 1.83 bits per heavy atom. The molecule has 1 N–H and O–H groups in total. The van der Waals surface area contributed by atoms with Crippen LogP contribution in [0.1, 0.15) is 5.56 Å². The summed E-state index contributed by atoms with van der Waals surface area (Å²) in [6.45, 7) is 0.437. The fourth-order valence-corrected chi connectivity index (χ4v) is 1.86. The predicted molar refractivity (Wildman–Crippen MR) is 69.0 cm³/mol. The molecule has 0 aliphatic rings. The SMILES string of the molecule is Fc1ccc(COc2ccc3cc[nH]c3c2)cc1. The normalized spacial score (nSPS) is 10.7. The topological polar surface area (TPSA) is 25.0 Å². The first-order valence-electron chi connectivity index (χ1n) is 5.76. The largest absolute Gasteiger partial charge is 0.489 e. The molecule has 3 rings (SSSR count). The van der Waals surface area contributed by atoms with Gasteiger partial charge < -0.3 is 9.72 Å². The summed E-state index contributed by atoms with van der Waals surface area (Å²) in [6.07, 6.45) is 1.90. The van der Waals surface area contributed by atoms with E-state index in [0.29, 0.717) is 6.61 Å². The minimum atomic E-state index is -0.230. The lowest BCUT2D eigenvalue weighted by atomic mass is 10.2. The highest BCUT2D eigenvalue weighted by atomic mass is 19.1. The molecule has 0 atom stereocenters. The van der Waals surface area contributed by atoms with Crippen LogP contribution < -0.4 is 4.74 Å². The molecule has 0 aliphatic heterocycles. The van der Waals surface area contributed by atoms with E-state index in [0.717, 1.165) is 22.2 Å². The van der Waals surface area contributed by atoms with Crippen molar-refractivity contribution in [3.8, 4) is 5.75 Å². The number of halogens is 1. The van der Waals surface area contributed by atoms with Gasteiger partial charge in [-0.25, -0.2) is 4.39 Å². The molecule has 0 unspecified atom stereocenters.